The molecule has 186 valence electrons. The van der Waals surface area contributed by atoms with E-state index in [4.69, 9.17) is 24.7 Å². The van der Waals surface area contributed by atoms with Gasteiger partial charge in [0.1, 0.15) is 5.75 Å². The Kier molecular flexibility index (Phi) is 8.84. The van der Waals surface area contributed by atoms with Gasteiger partial charge in [-0.05, 0) is 54.6 Å². The van der Waals surface area contributed by atoms with Crippen LogP contribution in [-0.4, -0.2) is 39.8 Å². The molecular formula is C27H31ClN2O5. The summed E-state index contributed by atoms with van der Waals surface area (Å²) in [5.41, 5.74) is 9.58. The minimum Gasteiger partial charge on any atom is -0.492 e. The van der Waals surface area contributed by atoms with Crippen LogP contribution in [0.25, 0.3) is 0 Å². The lowest BCUT2D eigenvalue weighted by molar-refractivity contribution is 0.0934. The van der Waals surface area contributed by atoms with Crippen molar-refractivity contribution < 1.29 is 23.7 Å². The number of hydrogen-bond donors (Lipinski definition) is 2. The molecule has 0 aromatic heterocycles. The van der Waals surface area contributed by atoms with E-state index >= 15 is 0 Å². The molecule has 1 aliphatic carbocycles. The van der Waals surface area contributed by atoms with E-state index in [1.807, 2.05) is 36.4 Å². The Hall–Kier alpha value is -3.42. The fourth-order valence-electron chi connectivity index (χ4n) is 4.37. The number of benzene rings is 3. The predicted molar refractivity (Wildman–Crippen MR) is 138 cm³/mol. The normalized spacial score (nSPS) is 12.3. The molecule has 3 aromatic rings. The van der Waals surface area contributed by atoms with Crippen molar-refractivity contribution in [1.82, 2.24) is 5.32 Å². The van der Waals surface area contributed by atoms with Crippen LogP contribution in [0.2, 0.25) is 0 Å². The van der Waals surface area contributed by atoms with Gasteiger partial charge in [-0.15, -0.1) is 12.4 Å². The molecular weight excluding hydrogens is 468 g/mol. The minimum atomic E-state index is -0.265. The third kappa shape index (κ3) is 5.63. The van der Waals surface area contributed by atoms with Crippen LogP contribution in [0.3, 0.4) is 0 Å². The molecule has 0 fully saturated rings. The van der Waals surface area contributed by atoms with Gasteiger partial charge in [-0.3, -0.25) is 4.79 Å². The summed E-state index contributed by atoms with van der Waals surface area (Å²) < 4.78 is 22.8. The number of nitrogens with one attached hydrogen (secondary N) is 1. The van der Waals surface area contributed by atoms with Crippen LogP contribution in [-0.2, 0) is 19.3 Å². The average Bonchev–Trinajstić information content (AvgIpc) is 3.26. The number of carbonyl (C=O) groups excluding carboxylic acids is 1. The Bertz CT molecular complexity index is 1140. The maximum absolute atomic E-state index is 13.4. The lowest BCUT2D eigenvalue weighted by atomic mass is 10.1. The van der Waals surface area contributed by atoms with Crippen molar-refractivity contribution in [1.29, 1.82) is 0 Å². The fourth-order valence-corrected chi connectivity index (χ4v) is 4.37. The molecule has 0 unspecified atom stereocenters. The van der Waals surface area contributed by atoms with Gasteiger partial charge < -0.3 is 30.0 Å². The highest BCUT2D eigenvalue weighted by Crippen LogP contribution is 2.48. The maximum Gasteiger partial charge on any atom is 0.255 e. The first kappa shape index (κ1) is 26.2. The van der Waals surface area contributed by atoms with Gasteiger partial charge in [-0.1, -0.05) is 36.4 Å². The van der Waals surface area contributed by atoms with Crippen LogP contribution in [0.15, 0.2) is 54.6 Å². The lowest BCUT2D eigenvalue weighted by Crippen LogP contribution is -2.35. The zero-order chi connectivity index (χ0) is 24.1. The van der Waals surface area contributed by atoms with Crippen LogP contribution >= 0.6 is 12.4 Å². The van der Waals surface area contributed by atoms with Gasteiger partial charge in [0.25, 0.3) is 5.91 Å². The van der Waals surface area contributed by atoms with E-state index in [1.165, 1.54) is 32.5 Å². The summed E-state index contributed by atoms with van der Waals surface area (Å²) in [5.74, 6) is 1.62. The number of nitrogens with two attached hydrogens (primary N) is 1. The SMILES string of the molecule is COc1c(Oc2ccc(CCN)cc2)cc(C(=O)NC2Cc3ccccc3C2)c(OC)c1OC.Cl. The number of methoxy groups -OCH3 is 3. The zero-order valence-corrected chi connectivity index (χ0v) is 20.9. The number of rotatable bonds is 9. The van der Waals surface area contributed by atoms with Crippen LogP contribution in [0.5, 0.6) is 28.7 Å². The highest BCUT2D eigenvalue weighted by molar-refractivity contribution is 5.99. The molecule has 4 rings (SSSR count). The minimum absolute atomic E-state index is 0. The molecule has 0 radical (unpaired) electrons. The molecule has 0 spiro atoms. The standard InChI is InChI=1S/C27H30N2O5.ClH/c1-31-24-22(27(30)29-20-14-18-6-4-5-7-19(18)15-20)16-23(25(32-2)26(24)33-3)34-21-10-8-17(9-11-21)12-13-28;/h4-11,16,20H,12-15,28H2,1-3H3,(H,29,30);1H. The first-order valence-electron chi connectivity index (χ1n) is 11.2. The van der Waals surface area contributed by atoms with Crippen LogP contribution in [0.1, 0.15) is 27.0 Å². The quantitative estimate of drug-likeness (QED) is 0.456. The summed E-state index contributed by atoms with van der Waals surface area (Å²) in [7, 11) is 4.52. The highest BCUT2D eigenvalue weighted by atomic mass is 35.5. The van der Waals surface area contributed by atoms with Gasteiger partial charge >= 0.3 is 0 Å². The lowest BCUT2D eigenvalue weighted by Gasteiger charge is -2.20. The summed E-state index contributed by atoms with van der Waals surface area (Å²) in [6, 6.07) is 17.5. The van der Waals surface area contributed by atoms with Crippen molar-refractivity contribution in [2.75, 3.05) is 27.9 Å². The Balaban J connectivity index is 0.00000342. The number of ether oxygens (including phenoxy) is 4. The number of fused-ring (bicyclic) bond motifs is 1. The van der Waals surface area contributed by atoms with Crippen molar-refractivity contribution in [3.63, 3.8) is 0 Å². The van der Waals surface area contributed by atoms with E-state index in [0.29, 0.717) is 35.1 Å². The Morgan fingerprint density at radius 2 is 1.51 bits per heavy atom. The molecule has 0 aliphatic heterocycles. The van der Waals surface area contributed by atoms with Gasteiger partial charge in [-0.2, -0.15) is 0 Å². The van der Waals surface area contributed by atoms with Crippen molar-refractivity contribution in [3.8, 4) is 28.7 Å². The summed E-state index contributed by atoms with van der Waals surface area (Å²) in [6.07, 6.45) is 2.36. The van der Waals surface area contributed by atoms with Crippen molar-refractivity contribution in [2.45, 2.75) is 25.3 Å². The van der Waals surface area contributed by atoms with E-state index in [2.05, 4.69) is 17.4 Å². The van der Waals surface area contributed by atoms with E-state index in [9.17, 15) is 4.79 Å². The molecule has 0 atom stereocenters. The smallest absolute Gasteiger partial charge is 0.255 e. The van der Waals surface area contributed by atoms with Gasteiger partial charge in [0, 0.05) is 12.1 Å². The molecule has 0 bridgehead atoms. The van der Waals surface area contributed by atoms with Crippen molar-refractivity contribution in [3.05, 3.63) is 76.9 Å². The average molecular weight is 499 g/mol. The maximum atomic E-state index is 13.4. The molecule has 3 N–H and O–H groups in total. The molecule has 35 heavy (non-hydrogen) atoms. The molecule has 3 aromatic carbocycles. The molecule has 1 aliphatic rings. The Labute approximate surface area is 211 Å². The fraction of sp³-hybridized carbons (Fsp3) is 0.296. The summed E-state index contributed by atoms with van der Waals surface area (Å²) >= 11 is 0. The second-order valence-electron chi connectivity index (χ2n) is 8.15. The second-order valence-corrected chi connectivity index (χ2v) is 8.15. The largest absolute Gasteiger partial charge is 0.492 e. The zero-order valence-electron chi connectivity index (χ0n) is 20.1. The second kappa shape index (κ2) is 11.8. The van der Waals surface area contributed by atoms with Crippen molar-refractivity contribution in [2.24, 2.45) is 5.73 Å². The third-order valence-electron chi connectivity index (χ3n) is 5.98. The number of hydrogen-bond acceptors (Lipinski definition) is 6. The number of amides is 1. The molecule has 0 saturated heterocycles. The van der Waals surface area contributed by atoms with E-state index in [1.54, 1.807) is 6.07 Å². The molecule has 1 amide bonds. The van der Waals surface area contributed by atoms with E-state index in [0.717, 1.165) is 24.8 Å². The monoisotopic (exact) mass is 498 g/mol. The van der Waals surface area contributed by atoms with Crippen LogP contribution < -0.4 is 30.0 Å². The van der Waals surface area contributed by atoms with Crippen LogP contribution in [0, 0.1) is 0 Å². The summed E-state index contributed by atoms with van der Waals surface area (Å²) in [5, 5.41) is 3.14. The van der Waals surface area contributed by atoms with Crippen molar-refractivity contribution >= 4 is 18.3 Å². The topological polar surface area (TPSA) is 92.0 Å². The van der Waals surface area contributed by atoms with Gasteiger partial charge in [0.2, 0.25) is 11.5 Å². The van der Waals surface area contributed by atoms with Gasteiger partial charge in [0.05, 0.1) is 26.9 Å². The van der Waals surface area contributed by atoms with Gasteiger partial charge in [0.15, 0.2) is 11.5 Å². The summed E-state index contributed by atoms with van der Waals surface area (Å²) in [6.45, 7) is 0.578. The Morgan fingerprint density at radius 1 is 0.914 bits per heavy atom. The van der Waals surface area contributed by atoms with Gasteiger partial charge in [-0.25, -0.2) is 0 Å². The molecule has 7 nitrogen and oxygen atoms in total. The third-order valence-corrected chi connectivity index (χ3v) is 5.98. The molecule has 0 heterocycles. The summed E-state index contributed by atoms with van der Waals surface area (Å²) in [4.78, 5) is 13.4. The first-order chi connectivity index (χ1) is 16.6. The van der Waals surface area contributed by atoms with E-state index in [-0.39, 0.29) is 30.1 Å². The highest BCUT2D eigenvalue weighted by Gasteiger charge is 2.29. The number of halogens is 1. The predicted octanol–water partition coefficient (Wildman–Crippen LogP) is 4.32. The Morgan fingerprint density at radius 3 is 2.06 bits per heavy atom. The first-order valence-corrected chi connectivity index (χ1v) is 11.2. The molecule has 8 heteroatoms. The number of carbonyl (C=O) groups is 1. The van der Waals surface area contributed by atoms with E-state index < -0.39 is 0 Å². The van der Waals surface area contributed by atoms with Crippen LogP contribution in [0.4, 0.5) is 0 Å². The molecule has 0 saturated carbocycles.